The van der Waals surface area contributed by atoms with E-state index in [0.717, 1.165) is 10.8 Å². The summed E-state index contributed by atoms with van der Waals surface area (Å²) in [6.45, 7) is 3.70. The van der Waals surface area contributed by atoms with Crippen molar-refractivity contribution in [3.8, 4) is 0 Å². The Balaban J connectivity index is 2.36. The minimum Gasteiger partial charge on any atom is -0.468 e. The number of methoxy groups -OCH3 is 1. The van der Waals surface area contributed by atoms with Gasteiger partial charge in [-0.15, -0.1) is 0 Å². The number of hydrogen-bond acceptors (Lipinski definition) is 4. The third-order valence-electron chi connectivity index (χ3n) is 3.98. The number of carbonyl (C=O) groups excluding carboxylic acids is 1. The van der Waals surface area contributed by atoms with Gasteiger partial charge in [-0.3, -0.25) is 4.79 Å². The molecule has 0 saturated carbocycles. The average Bonchev–Trinajstić information content (AvgIpc) is 2.57. The Morgan fingerprint density at radius 3 is 2.43 bits per heavy atom. The molecule has 124 valence electrons. The van der Waals surface area contributed by atoms with Crippen LogP contribution < -0.4 is 4.72 Å². The zero-order valence-corrected chi connectivity index (χ0v) is 14.3. The first-order valence-electron chi connectivity index (χ1n) is 7.48. The summed E-state index contributed by atoms with van der Waals surface area (Å²) in [6.07, 6.45) is 0.653. The second-order valence-electron chi connectivity index (χ2n) is 5.52. The predicted molar refractivity (Wildman–Crippen MR) is 89.5 cm³/mol. The third kappa shape index (κ3) is 3.89. The van der Waals surface area contributed by atoms with Gasteiger partial charge in [0.2, 0.25) is 10.0 Å². The maximum Gasteiger partial charge on any atom is 0.324 e. The zero-order chi connectivity index (χ0) is 17.0. The van der Waals surface area contributed by atoms with E-state index in [9.17, 15) is 13.2 Å². The molecule has 23 heavy (non-hydrogen) atoms. The Bertz CT molecular complexity index is 801. The summed E-state index contributed by atoms with van der Waals surface area (Å²) in [4.78, 5) is 12.0. The van der Waals surface area contributed by atoms with Crippen molar-refractivity contribution in [1.82, 2.24) is 4.72 Å². The molecule has 0 aromatic heterocycles. The van der Waals surface area contributed by atoms with Gasteiger partial charge in [0.25, 0.3) is 0 Å². The molecule has 0 aliphatic carbocycles. The molecule has 1 N–H and O–H groups in total. The fraction of sp³-hybridized carbons (Fsp3) is 0.353. The fourth-order valence-corrected chi connectivity index (χ4v) is 3.66. The van der Waals surface area contributed by atoms with E-state index in [1.165, 1.54) is 13.2 Å². The molecule has 0 heterocycles. The molecule has 0 bridgehead atoms. The average molecular weight is 335 g/mol. The van der Waals surface area contributed by atoms with E-state index in [-0.39, 0.29) is 10.8 Å². The van der Waals surface area contributed by atoms with Gasteiger partial charge in [-0.05, 0) is 28.8 Å². The topological polar surface area (TPSA) is 72.5 Å². The van der Waals surface area contributed by atoms with Crippen molar-refractivity contribution in [1.29, 1.82) is 0 Å². The zero-order valence-electron chi connectivity index (χ0n) is 13.4. The lowest BCUT2D eigenvalue weighted by atomic mass is 10.0. The SMILES string of the molecule is CC[C@H](C)[C@@H](NS(=O)(=O)c1ccc2ccccc2c1)C(=O)OC. The van der Waals surface area contributed by atoms with Crippen LogP contribution in [0.15, 0.2) is 47.4 Å². The van der Waals surface area contributed by atoms with Crippen LogP contribution in [0.1, 0.15) is 20.3 Å². The first kappa shape index (κ1) is 17.4. The summed E-state index contributed by atoms with van der Waals surface area (Å²) in [6, 6.07) is 11.5. The molecule has 2 atom stereocenters. The number of nitrogens with one attached hydrogen (secondary N) is 1. The molecule has 0 aliphatic heterocycles. The summed E-state index contributed by atoms with van der Waals surface area (Å²) in [5.74, 6) is -0.749. The van der Waals surface area contributed by atoms with Gasteiger partial charge in [0.1, 0.15) is 6.04 Å². The van der Waals surface area contributed by atoms with E-state index in [0.29, 0.717) is 6.42 Å². The van der Waals surface area contributed by atoms with Gasteiger partial charge in [-0.2, -0.15) is 4.72 Å². The second kappa shape index (κ2) is 7.10. The molecule has 2 aromatic carbocycles. The molecular weight excluding hydrogens is 314 g/mol. The Hall–Kier alpha value is -1.92. The van der Waals surface area contributed by atoms with E-state index in [1.54, 1.807) is 12.1 Å². The monoisotopic (exact) mass is 335 g/mol. The van der Waals surface area contributed by atoms with E-state index >= 15 is 0 Å². The number of carbonyl (C=O) groups is 1. The maximum absolute atomic E-state index is 12.6. The number of rotatable bonds is 6. The molecule has 0 radical (unpaired) electrons. The van der Waals surface area contributed by atoms with Crippen LogP contribution in [0.25, 0.3) is 10.8 Å². The van der Waals surface area contributed by atoms with Crippen molar-refractivity contribution in [2.75, 3.05) is 7.11 Å². The van der Waals surface area contributed by atoms with Gasteiger partial charge in [-0.1, -0.05) is 50.6 Å². The quantitative estimate of drug-likeness (QED) is 0.824. The van der Waals surface area contributed by atoms with Crippen LogP contribution in [0.3, 0.4) is 0 Å². The number of hydrogen-bond donors (Lipinski definition) is 1. The summed E-state index contributed by atoms with van der Waals surface area (Å²) in [5.41, 5.74) is 0. The first-order chi connectivity index (χ1) is 10.9. The molecule has 0 unspecified atom stereocenters. The van der Waals surface area contributed by atoms with Crippen molar-refractivity contribution in [3.63, 3.8) is 0 Å². The van der Waals surface area contributed by atoms with Crippen LogP contribution in [0.5, 0.6) is 0 Å². The summed E-state index contributed by atoms with van der Waals surface area (Å²) in [7, 11) is -2.56. The van der Waals surface area contributed by atoms with Crippen LogP contribution in [-0.2, 0) is 19.6 Å². The van der Waals surface area contributed by atoms with Crippen LogP contribution in [-0.4, -0.2) is 27.5 Å². The molecule has 2 rings (SSSR count). The van der Waals surface area contributed by atoms with Crippen molar-refractivity contribution < 1.29 is 17.9 Å². The third-order valence-corrected chi connectivity index (χ3v) is 5.42. The predicted octanol–water partition coefficient (Wildman–Crippen LogP) is 2.71. The number of esters is 1. The van der Waals surface area contributed by atoms with Crippen LogP contribution in [0.4, 0.5) is 0 Å². The Morgan fingerprint density at radius 1 is 1.17 bits per heavy atom. The molecule has 0 amide bonds. The van der Waals surface area contributed by atoms with E-state index in [2.05, 4.69) is 4.72 Å². The number of benzene rings is 2. The number of sulfonamides is 1. The van der Waals surface area contributed by atoms with Gasteiger partial charge < -0.3 is 4.74 Å². The lowest BCUT2D eigenvalue weighted by molar-refractivity contribution is -0.143. The maximum atomic E-state index is 12.6. The number of ether oxygens (including phenoxy) is 1. The van der Waals surface area contributed by atoms with Gasteiger partial charge in [0.15, 0.2) is 0 Å². The van der Waals surface area contributed by atoms with E-state index < -0.39 is 22.0 Å². The lowest BCUT2D eigenvalue weighted by Gasteiger charge is -2.21. The largest absolute Gasteiger partial charge is 0.468 e. The smallest absolute Gasteiger partial charge is 0.324 e. The highest BCUT2D eigenvalue weighted by Gasteiger charge is 2.30. The van der Waals surface area contributed by atoms with Crippen molar-refractivity contribution in [2.24, 2.45) is 5.92 Å². The molecule has 5 nitrogen and oxygen atoms in total. The van der Waals surface area contributed by atoms with Crippen LogP contribution >= 0.6 is 0 Å². The summed E-state index contributed by atoms with van der Waals surface area (Å²) >= 11 is 0. The Kier molecular flexibility index (Phi) is 5.38. The summed E-state index contributed by atoms with van der Waals surface area (Å²) in [5, 5.41) is 1.78. The molecule has 0 spiro atoms. The van der Waals surface area contributed by atoms with E-state index in [4.69, 9.17) is 4.74 Å². The van der Waals surface area contributed by atoms with Gasteiger partial charge >= 0.3 is 5.97 Å². The molecule has 0 aliphatic rings. The first-order valence-corrected chi connectivity index (χ1v) is 8.96. The van der Waals surface area contributed by atoms with E-state index in [1.807, 2.05) is 38.1 Å². The van der Waals surface area contributed by atoms with Crippen LogP contribution in [0, 0.1) is 5.92 Å². The highest BCUT2D eigenvalue weighted by Crippen LogP contribution is 2.20. The highest BCUT2D eigenvalue weighted by atomic mass is 32.2. The Labute approximate surface area is 136 Å². The van der Waals surface area contributed by atoms with Crippen molar-refractivity contribution >= 4 is 26.8 Å². The van der Waals surface area contributed by atoms with Gasteiger partial charge in [-0.25, -0.2) is 8.42 Å². The normalized spacial score (nSPS) is 14.4. The van der Waals surface area contributed by atoms with Crippen molar-refractivity contribution in [2.45, 2.75) is 31.2 Å². The Morgan fingerprint density at radius 2 is 1.83 bits per heavy atom. The van der Waals surface area contributed by atoms with Gasteiger partial charge in [0.05, 0.1) is 12.0 Å². The molecule has 6 heteroatoms. The molecular formula is C17H21NO4S. The molecule has 0 saturated heterocycles. The highest BCUT2D eigenvalue weighted by molar-refractivity contribution is 7.89. The minimum absolute atomic E-state index is 0.133. The van der Waals surface area contributed by atoms with Crippen LogP contribution in [0.2, 0.25) is 0 Å². The number of fused-ring (bicyclic) bond motifs is 1. The van der Waals surface area contributed by atoms with Crippen molar-refractivity contribution in [3.05, 3.63) is 42.5 Å². The molecule has 2 aromatic rings. The minimum atomic E-state index is -3.81. The molecule has 0 fully saturated rings. The summed E-state index contributed by atoms with van der Waals surface area (Å²) < 4.78 is 32.4. The fourth-order valence-electron chi connectivity index (χ4n) is 2.33. The second-order valence-corrected chi connectivity index (χ2v) is 7.23. The lowest BCUT2D eigenvalue weighted by Crippen LogP contribution is -2.45. The van der Waals surface area contributed by atoms with Gasteiger partial charge in [0, 0.05) is 0 Å². The standard InChI is InChI=1S/C17H21NO4S/c1-4-12(2)16(17(19)22-3)18-23(20,21)15-10-9-13-7-5-6-8-14(13)11-15/h5-12,16,18H,4H2,1-3H3/t12-,16+/m0/s1.